The second-order valence-corrected chi connectivity index (χ2v) is 8.46. The molecule has 4 rings (SSSR count). The number of para-hydroxylation sites is 1. The Kier molecular flexibility index (Phi) is 7.57. The smallest absolute Gasteiger partial charge is 0.323 e. The van der Waals surface area contributed by atoms with E-state index in [0.717, 1.165) is 18.4 Å². The number of hydrogen-bond acceptors (Lipinski definition) is 6. The third-order valence-electron chi connectivity index (χ3n) is 6.36. The number of methoxy groups -OCH3 is 1. The van der Waals surface area contributed by atoms with E-state index in [2.05, 4.69) is 5.10 Å². The van der Waals surface area contributed by atoms with Crippen LogP contribution in [-0.4, -0.2) is 60.3 Å². The molecule has 0 N–H and O–H groups in total. The Hall–Kier alpha value is -3.26. The van der Waals surface area contributed by atoms with Crippen LogP contribution in [0.1, 0.15) is 49.8 Å². The van der Waals surface area contributed by atoms with Crippen LogP contribution in [0.15, 0.2) is 53.6 Å². The second-order valence-electron chi connectivity index (χ2n) is 8.46. The van der Waals surface area contributed by atoms with Gasteiger partial charge in [0.1, 0.15) is 17.6 Å². The zero-order valence-electron chi connectivity index (χ0n) is 19.6. The van der Waals surface area contributed by atoms with E-state index in [0.29, 0.717) is 43.0 Å². The van der Waals surface area contributed by atoms with E-state index in [9.17, 15) is 14.0 Å². The highest BCUT2D eigenvalue weighted by Gasteiger charge is 2.38. The van der Waals surface area contributed by atoms with Crippen LogP contribution in [0.25, 0.3) is 0 Å². The van der Waals surface area contributed by atoms with E-state index >= 15 is 0 Å². The van der Waals surface area contributed by atoms with Gasteiger partial charge in [0, 0.05) is 17.5 Å². The maximum atomic E-state index is 14.6. The molecule has 8 heteroatoms. The van der Waals surface area contributed by atoms with Gasteiger partial charge in [-0.2, -0.15) is 5.10 Å². The number of benzene rings is 2. The van der Waals surface area contributed by atoms with Gasteiger partial charge >= 0.3 is 5.97 Å². The molecule has 2 heterocycles. The largest absolute Gasteiger partial charge is 0.496 e. The van der Waals surface area contributed by atoms with Gasteiger partial charge < -0.3 is 9.47 Å². The Balaban J connectivity index is 1.64. The second kappa shape index (κ2) is 10.8. The van der Waals surface area contributed by atoms with Crippen LogP contribution in [0.2, 0.25) is 0 Å². The van der Waals surface area contributed by atoms with E-state index in [4.69, 9.17) is 9.47 Å². The predicted octanol–water partition coefficient (Wildman–Crippen LogP) is 3.93. The summed E-state index contributed by atoms with van der Waals surface area (Å²) < 4.78 is 25.3. The van der Waals surface area contributed by atoms with Crippen LogP contribution in [0.4, 0.5) is 4.39 Å². The molecule has 0 aliphatic carbocycles. The number of halogens is 1. The molecule has 2 atom stereocenters. The molecule has 0 radical (unpaired) electrons. The third kappa shape index (κ3) is 4.97. The lowest BCUT2D eigenvalue weighted by Gasteiger charge is -2.34. The maximum absolute atomic E-state index is 14.6. The van der Waals surface area contributed by atoms with Crippen LogP contribution in [0, 0.1) is 5.82 Å². The Morgan fingerprint density at radius 2 is 1.88 bits per heavy atom. The van der Waals surface area contributed by atoms with Crippen LogP contribution in [-0.2, 0) is 14.3 Å². The highest BCUT2D eigenvalue weighted by atomic mass is 19.1. The van der Waals surface area contributed by atoms with Gasteiger partial charge in [-0.15, -0.1) is 0 Å². The molecule has 7 nitrogen and oxygen atoms in total. The lowest BCUT2D eigenvalue weighted by atomic mass is 9.97. The van der Waals surface area contributed by atoms with E-state index < -0.39 is 12.1 Å². The van der Waals surface area contributed by atoms with E-state index in [1.165, 1.54) is 11.1 Å². The lowest BCUT2D eigenvalue weighted by Crippen LogP contribution is -2.49. The summed E-state index contributed by atoms with van der Waals surface area (Å²) in [7, 11) is 1.58. The Bertz CT molecular complexity index is 1070. The zero-order valence-corrected chi connectivity index (χ0v) is 19.6. The van der Waals surface area contributed by atoms with Crippen LogP contribution < -0.4 is 4.74 Å². The van der Waals surface area contributed by atoms with Gasteiger partial charge in [-0.1, -0.05) is 42.8 Å². The molecule has 0 bridgehead atoms. The quantitative estimate of drug-likeness (QED) is 0.577. The zero-order chi connectivity index (χ0) is 24.1. The number of hydrazone groups is 1. The first kappa shape index (κ1) is 23.9. The molecule has 2 aliphatic heterocycles. The molecule has 2 aromatic rings. The van der Waals surface area contributed by atoms with Gasteiger partial charge in [0.2, 0.25) is 0 Å². The number of hydrogen-bond donors (Lipinski definition) is 0. The average Bonchev–Trinajstić information content (AvgIpc) is 3.30. The topological polar surface area (TPSA) is 71.4 Å². The van der Waals surface area contributed by atoms with Crippen molar-refractivity contribution in [1.82, 2.24) is 9.91 Å². The van der Waals surface area contributed by atoms with Crippen molar-refractivity contribution in [1.29, 1.82) is 0 Å². The fourth-order valence-corrected chi connectivity index (χ4v) is 4.71. The van der Waals surface area contributed by atoms with Crippen molar-refractivity contribution < 1.29 is 23.5 Å². The fraction of sp³-hybridized carbons (Fsp3) is 0.423. The van der Waals surface area contributed by atoms with Crippen molar-refractivity contribution in [3.05, 3.63) is 65.5 Å². The number of ether oxygens (including phenoxy) is 2. The van der Waals surface area contributed by atoms with Gasteiger partial charge in [0.05, 0.1) is 32.0 Å². The molecular formula is C26H30FN3O4. The number of carbonyl (C=O) groups is 2. The summed E-state index contributed by atoms with van der Waals surface area (Å²) in [6, 6.07) is 13.0. The number of carbonyl (C=O) groups excluding carboxylic acids is 2. The summed E-state index contributed by atoms with van der Waals surface area (Å²) in [6.07, 6.45) is 2.83. The number of nitrogens with zero attached hydrogens (tertiary/aromatic N) is 3. The first-order valence-corrected chi connectivity index (χ1v) is 11.7. The van der Waals surface area contributed by atoms with Gasteiger partial charge in [-0.05, 0) is 38.4 Å². The highest BCUT2D eigenvalue weighted by molar-refractivity contribution is 6.03. The number of rotatable bonds is 7. The molecule has 0 unspecified atom stereocenters. The van der Waals surface area contributed by atoms with Crippen molar-refractivity contribution in [3.8, 4) is 5.75 Å². The SMILES string of the molecule is CCOC(=O)[C@H]1CCCCN1CC(=O)N1N=C(c2ccccc2F)C[C@H]1c1ccccc1OC. The highest BCUT2D eigenvalue weighted by Crippen LogP contribution is 2.38. The normalized spacial score (nSPS) is 20.7. The molecule has 0 spiro atoms. The first-order valence-electron chi connectivity index (χ1n) is 11.7. The summed E-state index contributed by atoms with van der Waals surface area (Å²) in [5.41, 5.74) is 1.68. The summed E-state index contributed by atoms with van der Waals surface area (Å²) in [4.78, 5) is 27.9. The van der Waals surface area contributed by atoms with E-state index in [1.54, 1.807) is 32.2 Å². The molecular weight excluding hydrogens is 437 g/mol. The van der Waals surface area contributed by atoms with Crippen molar-refractivity contribution in [2.24, 2.45) is 5.10 Å². The summed E-state index contributed by atoms with van der Waals surface area (Å²) >= 11 is 0. The Labute approximate surface area is 199 Å². The van der Waals surface area contributed by atoms with Gasteiger partial charge in [-0.3, -0.25) is 14.5 Å². The van der Waals surface area contributed by atoms with Gasteiger partial charge in [0.25, 0.3) is 5.91 Å². The molecule has 180 valence electrons. The summed E-state index contributed by atoms with van der Waals surface area (Å²) in [6.45, 7) is 2.74. The Morgan fingerprint density at radius 1 is 1.12 bits per heavy atom. The molecule has 1 amide bonds. The van der Waals surface area contributed by atoms with Crippen LogP contribution in [0.5, 0.6) is 5.75 Å². The predicted molar refractivity (Wildman–Crippen MR) is 126 cm³/mol. The summed E-state index contributed by atoms with van der Waals surface area (Å²) in [5, 5.41) is 6.01. The Morgan fingerprint density at radius 3 is 2.65 bits per heavy atom. The molecule has 0 aromatic heterocycles. The maximum Gasteiger partial charge on any atom is 0.323 e. The molecule has 1 fully saturated rings. The minimum atomic E-state index is -0.444. The van der Waals surface area contributed by atoms with E-state index in [1.807, 2.05) is 29.2 Å². The minimum Gasteiger partial charge on any atom is -0.496 e. The molecule has 1 saturated heterocycles. The lowest BCUT2D eigenvalue weighted by molar-refractivity contribution is -0.152. The molecule has 2 aliphatic rings. The fourth-order valence-electron chi connectivity index (χ4n) is 4.71. The monoisotopic (exact) mass is 467 g/mol. The first-order chi connectivity index (χ1) is 16.5. The van der Waals surface area contributed by atoms with Crippen LogP contribution >= 0.6 is 0 Å². The van der Waals surface area contributed by atoms with Crippen LogP contribution in [0.3, 0.4) is 0 Å². The average molecular weight is 468 g/mol. The van der Waals surface area contributed by atoms with Gasteiger partial charge in [-0.25, -0.2) is 9.40 Å². The molecule has 2 aromatic carbocycles. The number of likely N-dealkylation sites (tertiary alicyclic amines) is 1. The van der Waals surface area contributed by atoms with Crippen molar-refractivity contribution in [2.75, 3.05) is 26.8 Å². The number of amides is 1. The van der Waals surface area contributed by atoms with Crippen molar-refractivity contribution in [2.45, 2.75) is 44.7 Å². The molecule has 34 heavy (non-hydrogen) atoms. The van der Waals surface area contributed by atoms with Gasteiger partial charge in [0.15, 0.2) is 0 Å². The van der Waals surface area contributed by atoms with Crippen molar-refractivity contribution >= 4 is 17.6 Å². The van der Waals surface area contributed by atoms with E-state index in [-0.39, 0.29) is 24.2 Å². The third-order valence-corrected chi connectivity index (χ3v) is 6.36. The summed E-state index contributed by atoms with van der Waals surface area (Å²) in [5.74, 6) is -0.294. The number of esters is 1. The number of piperidine rings is 1. The van der Waals surface area contributed by atoms with Crippen molar-refractivity contribution in [3.63, 3.8) is 0 Å². The molecule has 0 saturated carbocycles. The standard InChI is InChI=1S/C26H30FN3O4/c1-3-34-26(32)22-13-8-9-15-29(22)17-25(31)30-23(19-11-5-7-14-24(19)33-2)16-21(28-30)18-10-4-6-12-20(18)27/h4-7,10-12,14,22-23H,3,8-9,13,15-17H2,1-2H3/t22-,23+/m1/s1. The minimum absolute atomic E-state index is 0.0309.